The molecule has 0 unspecified atom stereocenters. The zero-order valence-electron chi connectivity index (χ0n) is 19.6. The fraction of sp³-hybridized carbons (Fsp3) is 0.393. The third kappa shape index (κ3) is 4.37. The van der Waals surface area contributed by atoms with Gasteiger partial charge in [-0.05, 0) is 49.4 Å². The van der Waals surface area contributed by atoms with Crippen LogP contribution in [0.1, 0.15) is 62.6 Å². The van der Waals surface area contributed by atoms with Crippen molar-refractivity contribution in [3.8, 4) is 11.3 Å². The zero-order chi connectivity index (χ0) is 22.7. The first-order valence-corrected chi connectivity index (χ1v) is 12.7. The fourth-order valence-electron chi connectivity index (χ4n) is 5.52. The summed E-state index contributed by atoms with van der Waals surface area (Å²) in [4.78, 5) is 9.50. The molecule has 6 rings (SSSR count). The molecule has 2 aliphatic carbocycles. The van der Waals surface area contributed by atoms with Crippen LogP contribution in [0.15, 0.2) is 60.8 Å². The van der Waals surface area contributed by atoms with E-state index in [-0.39, 0.29) is 0 Å². The minimum Gasteiger partial charge on any atom is -0.367 e. The lowest BCUT2D eigenvalue weighted by Gasteiger charge is -2.14. The summed E-state index contributed by atoms with van der Waals surface area (Å²) < 4.78 is 2.08. The molecule has 6 heteroatoms. The summed E-state index contributed by atoms with van der Waals surface area (Å²) in [7, 11) is 0. The Morgan fingerprint density at radius 1 is 0.794 bits per heavy atom. The summed E-state index contributed by atoms with van der Waals surface area (Å²) in [5, 5.41) is 12.4. The Morgan fingerprint density at radius 3 is 2.29 bits per heavy atom. The molecule has 0 saturated heterocycles. The Kier molecular flexibility index (Phi) is 5.88. The topological polar surface area (TPSA) is 67.1 Å². The molecule has 2 fully saturated rings. The van der Waals surface area contributed by atoms with Crippen molar-refractivity contribution in [2.75, 3.05) is 10.6 Å². The Labute approximate surface area is 200 Å². The molecule has 2 N–H and O–H groups in total. The molecular weight excluding hydrogens is 420 g/mol. The maximum Gasteiger partial charge on any atom is 0.223 e. The maximum absolute atomic E-state index is 5.13. The largest absolute Gasteiger partial charge is 0.367 e. The van der Waals surface area contributed by atoms with Crippen LogP contribution in [0.4, 0.5) is 11.8 Å². The summed E-state index contributed by atoms with van der Waals surface area (Å²) in [6.45, 7) is 0. The summed E-state index contributed by atoms with van der Waals surface area (Å²) in [5.74, 6) is 1.78. The molecule has 3 aromatic heterocycles. The maximum atomic E-state index is 5.13. The molecule has 0 aliphatic heterocycles. The number of rotatable bonds is 7. The van der Waals surface area contributed by atoms with Gasteiger partial charge >= 0.3 is 0 Å². The Hall–Kier alpha value is -3.41. The van der Waals surface area contributed by atoms with E-state index in [9.17, 15) is 0 Å². The Bertz CT molecular complexity index is 1250. The second-order valence-corrected chi connectivity index (χ2v) is 9.71. The number of aromatic nitrogens is 4. The number of anilines is 2. The van der Waals surface area contributed by atoms with Gasteiger partial charge in [0.25, 0.3) is 0 Å². The molecule has 2 saturated carbocycles. The van der Waals surface area contributed by atoms with E-state index in [1.165, 1.54) is 56.9 Å². The lowest BCUT2D eigenvalue weighted by atomic mass is 10.0. The van der Waals surface area contributed by atoms with E-state index >= 15 is 0 Å². The van der Waals surface area contributed by atoms with Crippen LogP contribution < -0.4 is 10.6 Å². The summed E-state index contributed by atoms with van der Waals surface area (Å²) >= 11 is 0. The molecule has 0 amide bonds. The van der Waals surface area contributed by atoms with Crippen molar-refractivity contribution < 1.29 is 0 Å². The van der Waals surface area contributed by atoms with E-state index in [2.05, 4.69) is 68.7 Å². The van der Waals surface area contributed by atoms with E-state index in [0.717, 1.165) is 40.7 Å². The van der Waals surface area contributed by atoms with Gasteiger partial charge in [0.1, 0.15) is 5.82 Å². The highest BCUT2D eigenvalue weighted by Crippen LogP contribution is 2.32. The third-order valence-electron chi connectivity index (χ3n) is 7.25. The summed E-state index contributed by atoms with van der Waals surface area (Å²) in [6.07, 6.45) is 12.6. The lowest BCUT2D eigenvalue weighted by molar-refractivity contribution is 0.740. The van der Waals surface area contributed by atoms with E-state index in [4.69, 9.17) is 10.1 Å². The first-order chi connectivity index (χ1) is 16.8. The lowest BCUT2D eigenvalue weighted by Crippen LogP contribution is -2.17. The molecule has 0 radical (unpaired) electrons. The summed E-state index contributed by atoms with van der Waals surface area (Å²) in [5.41, 5.74) is 5.39. The van der Waals surface area contributed by atoms with Gasteiger partial charge in [0.05, 0.1) is 16.9 Å². The predicted octanol–water partition coefficient (Wildman–Crippen LogP) is 6.09. The van der Waals surface area contributed by atoms with Crippen molar-refractivity contribution in [2.24, 2.45) is 0 Å². The van der Waals surface area contributed by atoms with Crippen LogP contribution in [0.2, 0.25) is 0 Å². The first kappa shape index (κ1) is 21.1. The van der Waals surface area contributed by atoms with Gasteiger partial charge in [0.15, 0.2) is 0 Å². The van der Waals surface area contributed by atoms with Gasteiger partial charge in [0, 0.05) is 30.3 Å². The van der Waals surface area contributed by atoms with Crippen molar-refractivity contribution in [1.29, 1.82) is 0 Å². The van der Waals surface area contributed by atoms with Gasteiger partial charge < -0.3 is 10.6 Å². The van der Waals surface area contributed by atoms with Crippen molar-refractivity contribution in [3.63, 3.8) is 0 Å². The standard InChI is InChI=1S/C28H32N6/c1-2-9-20(10-3-1)19-24-27(23-17-18-29-28(32-23)31-22-13-6-7-14-22)25-15-8-16-26(34(25)33-24)30-21-11-4-5-12-21/h1-3,8-10,15-18,21-22,30H,4-7,11-14,19H2,(H,29,31,32). The van der Waals surface area contributed by atoms with Crippen molar-refractivity contribution in [2.45, 2.75) is 69.9 Å². The van der Waals surface area contributed by atoms with Crippen LogP contribution in [0, 0.1) is 0 Å². The average molecular weight is 453 g/mol. The van der Waals surface area contributed by atoms with E-state index < -0.39 is 0 Å². The fourth-order valence-corrected chi connectivity index (χ4v) is 5.52. The SMILES string of the molecule is c1ccc(Cc2nn3c(NC4CCCC4)cccc3c2-c2ccnc(NC3CCCC3)n2)cc1. The van der Waals surface area contributed by atoms with Gasteiger partial charge in [0.2, 0.25) is 5.95 Å². The van der Waals surface area contributed by atoms with Gasteiger partial charge in [-0.25, -0.2) is 14.5 Å². The molecule has 0 bridgehead atoms. The number of hydrogen-bond donors (Lipinski definition) is 2. The van der Waals surface area contributed by atoms with Crippen LogP contribution in [-0.4, -0.2) is 31.7 Å². The number of nitrogens with zero attached hydrogens (tertiary/aromatic N) is 4. The van der Waals surface area contributed by atoms with Crippen LogP contribution in [0.5, 0.6) is 0 Å². The third-order valence-corrected chi connectivity index (χ3v) is 7.25. The second kappa shape index (κ2) is 9.45. The number of fused-ring (bicyclic) bond motifs is 1. The van der Waals surface area contributed by atoms with Gasteiger partial charge in [-0.3, -0.25) is 0 Å². The van der Waals surface area contributed by atoms with Crippen molar-refractivity contribution in [3.05, 3.63) is 72.1 Å². The quantitative estimate of drug-likeness (QED) is 0.355. The van der Waals surface area contributed by atoms with Crippen LogP contribution in [0.3, 0.4) is 0 Å². The Balaban J connectivity index is 1.42. The minimum atomic E-state index is 0.477. The normalized spacial score (nSPS) is 16.9. The smallest absolute Gasteiger partial charge is 0.223 e. The van der Waals surface area contributed by atoms with Crippen LogP contribution in [0.25, 0.3) is 16.8 Å². The minimum absolute atomic E-state index is 0.477. The molecular formula is C28H32N6. The van der Waals surface area contributed by atoms with Crippen molar-refractivity contribution >= 4 is 17.3 Å². The molecule has 174 valence electrons. The molecule has 0 spiro atoms. The predicted molar refractivity (Wildman–Crippen MR) is 137 cm³/mol. The Morgan fingerprint density at radius 2 is 1.53 bits per heavy atom. The highest BCUT2D eigenvalue weighted by molar-refractivity contribution is 5.82. The first-order valence-electron chi connectivity index (χ1n) is 12.7. The van der Waals surface area contributed by atoms with E-state index in [1.807, 2.05) is 12.3 Å². The van der Waals surface area contributed by atoms with Crippen LogP contribution >= 0.6 is 0 Å². The van der Waals surface area contributed by atoms with Gasteiger partial charge in [-0.2, -0.15) is 5.10 Å². The zero-order valence-corrected chi connectivity index (χ0v) is 19.6. The van der Waals surface area contributed by atoms with Gasteiger partial charge in [-0.1, -0.05) is 62.1 Å². The van der Waals surface area contributed by atoms with E-state index in [0.29, 0.717) is 12.1 Å². The van der Waals surface area contributed by atoms with E-state index in [1.54, 1.807) is 0 Å². The molecule has 0 atom stereocenters. The molecule has 3 heterocycles. The molecule has 4 aromatic rings. The second-order valence-electron chi connectivity index (χ2n) is 9.71. The number of benzene rings is 1. The monoisotopic (exact) mass is 452 g/mol. The summed E-state index contributed by atoms with van der Waals surface area (Å²) in [6, 6.07) is 20.0. The van der Waals surface area contributed by atoms with Gasteiger partial charge in [-0.15, -0.1) is 0 Å². The highest BCUT2D eigenvalue weighted by Gasteiger charge is 2.22. The van der Waals surface area contributed by atoms with Crippen LogP contribution in [-0.2, 0) is 6.42 Å². The number of pyridine rings is 1. The highest BCUT2D eigenvalue weighted by atomic mass is 15.3. The van der Waals surface area contributed by atoms with Crippen molar-refractivity contribution in [1.82, 2.24) is 19.6 Å². The molecule has 34 heavy (non-hydrogen) atoms. The number of hydrogen-bond acceptors (Lipinski definition) is 5. The average Bonchev–Trinajstić information content (AvgIpc) is 3.62. The molecule has 1 aromatic carbocycles. The number of nitrogens with one attached hydrogen (secondary N) is 2. The molecule has 6 nitrogen and oxygen atoms in total. The molecule has 2 aliphatic rings.